The summed E-state index contributed by atoms with van der Waals surface area (Å²) >= 11 is 1.74. The molecule has 0 saturated carbocycles. The summed E-state index contributed by atoms with van der Waals surface area (Å²) in [5.41, 5.74) is 2.10. The zero-order chi connectivity index (χ0) is 15.7. The van der Waals surface area contributed by atoms with Crippen molar-refractivity contribution in [1.29, 1.82) is 0 Å². The van der Waals surface area contributed by atoms with Gasteiger partial charge in [0, 0.05) is 31.1 Å². The third kappa shape index (κ3) is 3.30. The number of aromatic nitrogens is 2. The maximum absolute atomic E-state index is 11.7. The third-order valence-electron chi connectivity index (χ3n) is 3.99. The van der Waals surface area contributed by atoms with Crippen LogP contribution < -0.4 is 4.90 Å². The van der Waals surface area contributed by atoms with Crippen LogP contribution in [0, 0.1) is 6.92 Å². The van der Waals surface area contributed by atoms with Gasteiger partial charge in [0.25, 0.3) is 0 Å². The average Bonchev–Trinajstić information content (AvgIpc) is 3.00. The molecule has 3 rings (SSSR count). The van der Waals surface area contributed by atoms with Gasteiger partial charge < -0.3 is 4.90 Å². The summed E-state index contributed by atoms with van der Waals surface area (Å²) in [4.78, 5) is 10.4. The predicted octanol–water partition coefficient (Wildman–Crippen LogP) is 2.63. The lowest BCUT2D eigenvalue weighted by atomic mass is 9.91. The molecule has 0 atom stereocenters. The Labute approximate surface area is 135 Å². The summed E-state index contributed by atoms with van der Waals surface area (Å²) in [5, 5.41) is 4.26. The van der Waals surface area contributed by atoms with E-state index in [9.17, 15) is 8.42 Å². The molecule has 1 aliphatic heterocycles. The van der Waals surface area contributed by atoms with Gasteiger partial charge in [-0.25, -0.2) is 18.4 Å². The minimum atomic E-state index is -3.38. The maximum Gasteiger partial charge on any atom is 0.248 e. The van der Waals surface area contributed by atoms with E-state index in [1.54, 1.807) is 18.3 Å². The van der Waals surface area contributed by atoms with Crippen molar-refractivity contribution in [3.05, 3.63) is 34.2 Å². The van der Waals surface area contributed by atoms with Crippen molar-refractivity contribution in [2.24, 2.45) is 0 Å². The number of nitrogens with zero attached hydrogens (tertiary/aromatic N) is 3. The van der Waals surface area contributed by atoms with E-state index in [-0.39, 0.29) is 5.16 Å². The standard InChI is InChI=1S/C15H19N3O2S2/c1-11-9-14(17-15(16-11)22(2,19)20)18-6-3-12(4-7-18)13-5-8-21-10-13/h5,8-10,12H,3-4,6-7H2,1-2H3. The second kappa shape index (κ2) is 5.96. The Balaban J connectivity index is 1.78. The first-order chi connectivity index (χ1) is 10.4. The quantitative estimate of drug-likeness (QED) is 0.806. The lowest BCUT2D eigenvalue weighted by molar-refractivity contribution is 0.501. The lowest BCUT2D eigenvalue weighted by Crippen LogP contribution is -2.33. The molecule has 5 nitrogen and oxygen atoms in total. The van der Waals surface area contributed by atoms with Crippen LogP contribution >= 0.6 is 11.3 Å². The van der Waals surface area contributed by atoms with Gasteiger partial charge in [-0.2, -0.15) is 11.3 Å². The molecule has 0 radical (unpaired) electrons. The van der Waals surface area contributed by atoms with Gasteiger partial charge >= 0.3 is 0 Å². The topological polar surface area (TPSA) is 63.2 Å². The van der Waals surface area contributed by atoms with Crippen LogP contribution in [0.15, 0.2) is 28.0 Å². The van der Waals surface area contributed by atoms with Crippen molar-refractivity contribution in [3.8, 4) is 0 Å². The molecule has 2 aromatic heterocycles. The van der Waals surface area contributed by atoms with Gasteiger partial charge in [0.15, 0.2) is 0 Å². The molecule has 0 N–H and O–H groups in total. The number of hydrogen-bond donors (Lipinski definition) is 0. The smallest absolute Gasteiger partial charge is 0.248 e. The SMILES string of the molecule is Cc1cc(N2CCC(c3ccsc3)CC2)nc(S(C)(=O)=O)n1. The zero-order valence-electron chi connectivity index (χ0n) is 12.7. The van der Waals surface area contributed by atoms with Gasteiger partial charge in [0.2, 0.25) is 15.0 Å². The highest BCUT2D eigenvalue weighted by Crippen LogP contribution is 2.31. The molecule has 2 aromatic rings. The molecule has 0 spiro atoms. The fraction of sp³-hybridized carbons (Fsp3) is 0.467. The van der Waals surface area contributed by atoms with E-state index in [0.717, 1.165) is 38.0 Å². The van der Waals surface area contributed by atoms with Crippen molar-refractivity contribution in [2.75, 3.05) is 24.2 Å². The zero-order valence-corrected chi connectivity index (χ0v) is 14.3. The number of rotatable bonds is 3. The largest absolute Gasteiger partial charge is 0.356 e. The fourth-order valence-corrected chi connectivity index (χ4v) is 4.11. The second-order valence-electron chi connectivity index (χ2n) is 5.74. The molecule has 118 valence electrons. The minimum absolute atomic E-state index is 0.0811. The van der Waals surface area contributed by atoms with Crippen LogP contribution in [0.2, 0.25) is 0 Å². The highest BCUT2D eigenvalue weighted by Gasteiger charge is 2.23. The van der Waals surface area contributed by atoms with E-state index in [4.69, 9.17) is 0 Å². The van der Waals surface area contributed by atoms with Crippen molar-refractivity contribution >= 4 is 27.0 Å². The molecule has 0 amide bonds. The van der Waals surface area contributed by atoms with Gasteiger partial charge in [-0.1, -0.05) is 0 Å². The first-order valence-corrected chi connectivity index (χ1v) is 10.1. The van der Waals surface area contributed by atoms with Crippen LogP contribution in [0.4, 0.5) is 5.82 Å². The Hall–Kier alpha value is -1.47. The maximum atomic E-state index is 11.7. The van der Waals surface area contributed by atoms with Crippen LogP contribution in [0.25, 0.3) is 0 Å². The van der Waals surface area contributed by atoms with Crippen molar-refractivity contribution < 1.29 is 8.42 Å². The summed E-state index contributed by atoms with van der Waals surface area (Å²) < 4.78 is 23.4. The monoisotopic (exact) mass is 337 g/mol. The molecule has 0 aliphatic carbocycles. The van der Waals surface area contributed by atoms with E-state index < -0.39 is 9.84 Å². The van der Waals surface area contributed by atoms with Gasteiger partial charge in [0.1, 0.15) is 5.82 Å². The number of thiophene rings is 1. The number of aryl methyl sites for hydroxylation is 1. The van der Waals surface area contributed by atoms with E-state index in [2.05, 4.69) is 31.7 Å². The third-order valence-corrected chi connectivity index (χ3v) is 5.53. The Morgan fingerprint density at radius 1 is 1.27 bits per heavy atom. The van der Waals surface area contributed by atoms with E-state index in [0.29, 0.717) is 11.6 Å². The van der Waals surface area contributed by atoms with Crippen LogP contribution in [0.5, 0.6) is 0 Å². The van der Waals surface area contributed by atoms with Gasteiger partial charge in [0.05, 0.1) is 0 Å². The summed E-state index contributed by atoms with van der Waals surface area (Å²) in [5.74, 6) is 1.32. The molecule has 1 fully saturated rings. The Morgan fingerprint density at radius 3 is 2.59 bits per heavy atom. The Bertz CT molecular complexity index is 749. The predicted molar refractivity (Wildman–Crippen MR) is 88.4 cm³/mol. The molecule has 7 heteroatoms. The van der Waals surface area contributed by atoms with Crippen molar-refractivity contribution in [2.45, 2.75) is 30.8 Å². The number of sulfone groups is 1. The number of piperidine rings is 1. The highest BCUT2D eigenvalue weighted by molar-refractivity contribution is 7.90. The fourth-order valence-electron chi connectivity index (χ4n) is 2.80. The Kier molecular flexibility index (Phi) is 4.18. The molecule has 1 saturated heterocycles. The number of anilines is 1. The lowest BCUT2D eigenvalue weighted by Gasteiger charge is -2.32. The molecule has 1 aliphatic rings. The molecular weight excluding hydrogens is 318 g/mol. The first-order valence-electron chi connectivity index (χ1n) is 7.26. The van der Waals surface area contributed by atoms with E-state index in [1.807, 2.05) is 6.07 Å². The van der Waals surface area contributed by atoms with E-state index >= 15 is 0 Å². The highest BCUT2D eigenvalue weighted by atomic mass is 32.2. The normalized spacial score (nSPS) is 16.9. The van der Waals surface area contributed by atoms with Crippen molar-refractivity contribution in [3.63, 3.8) is 0 Å². The van der Waals surface area contributed by atoms with Gasteiger partial charge in [-0.15, -0.1) is 0 Å². The second-order valence-corrected chi connectivity index (χ2v) is 8.43. The van der Waals surface area contributed by atoms with Crippen LogP contribution in [-0.2, 0) is 9.84 Å². The van der Waals surface area contributed by atoms with Crippen LogP contribution in [0.3, 0.4) is 0 Å². The minimum Gasteiger partial charge on any atom is -0.356 e. The van der Waals surface area contributed by atoms with Gasteiger partial charge in [-0.05, 0) is 48.1 Å². The summed E-state index contributed by atoms with van der Waals surface area (Å²) in [7, 11) is -3.38. The first kappa shape index (κ1) is 15.4. The molecule has 0 unspecified atom stereocenters. The molecule has 0 bridgehead atoms. The number of hydrogen-bond acceptors (Lipinski definition) is 6. The summed E-state index contributed by atoms with van der Waals surface area (Å²) in [6.45, 7) is 3.58. The summed E-state index contributed by atoms with van der Waals surface area (Å²) in [6.07, 6.45) is 3.27. The van der Waals surface area contributed by atoms with Crippen LogP contribution in [-0.4, -0.2) is 37.7 Å². The molecule has 22 heavy (non-hydrogen) atoms. The molecular formula is C15H19N3O2S2. The van der Waals surface area contributed by atoms with Crippen LogP contribution in [0.1, 0.15) is 30.0 Å². The summed E-state index contributed by atoms with van der Waals surface area (Å²) in [6, 6.07) is 4.06. The molecule has 3 heterocycles. The van der Waals surface area contributed by atoms with E-state index in [1.165, 1.54) is 5.56 Å². The average molecular weight is 337 g/mol. The molecule has 0 aromatic carbocycles. The van der Waals surface area contributed by atoms with Crippen molar-refractivity contribution in [1.82, 2.24) is 9.97 Å². The Morgan fingerprint density at radius 2 is 2.00 bits per heavy atom. The van der Waals surface area contributed by atoms with Gasteiger partial charge in [-0.3, -0.25) is 0 Å².